The first-order chi connectivity index (χ1) is 33.5. The monoisotopic (exact) mass is 1030 g/mol. The van der Waals surface area contributed by atoms with Crippen LogP contribution in [0.25, 0.3) is 21.5 Å². The van der Waals surface area contributed by atoms with Gasteiger partial charge in [0.15, 0.2) is 5.71 Å². The topological polar surface area (TPSA) is 248 Å². The minimum absolute atomic E-state index is 0.0338. The standard InChI is InChI=1S/C49H52N5O14P3/c1-48(2)40(52(5)38-25-22-32-15-10-12-18-36(32)44(38)48)20-8-7-9-21-41-49(3,4)45-37-19-13-11-16-33(37)23-26-39(45)53(41)30-42(55)50-28-14-17-34-29-54(47(57)51-46(34)56)43-27-24-35(66-43)31-65-70(60,61)68-71(62,63)67-69(58,59)64-6/h7-13,15-16,18-23,25-26,29,35,43H,24,27-28,30-31H2,1-6H3,(H4-,50,51,55,56,57,58,59,60,61,62,63)/p+1/t35-,43+/m0/s1. The largest absolute Gasteiger partial charge is 0.490 e. The average molecular weight is 1030 g/mol. The Bertz CT molecular complexity index is 3440. The zero-order valence-electron chi connectivity index (χ0n) is 39.6. The summed E-state index contributed by atoms with van der Waals surface area (Å²) in [6.07, 6.45) is 9.81. The van der Waals surface area contributed by atoms with Crippen molar-refractivity contribution in [1.82, 2.24) is 14.9 Å². The van der Waals surface area contributed by atoms with Gasteiger partial charge in [-0.05, 0) is 72.0 Å². The molecule has 1 amide bonds. The van der Waals surface area contributed by atoms with E-state index in [0.29, 0.717) is 7.11 Å². The van der Waals surface area contributed by atoms with Crippen LogP contribution in [-0.2, 0) is 51.7 Å². The number of carbonyl (C=O) groups excluding carboxylic acids is 1. The van der Waals surface area contributed by atoms with Crippen molar-refractivity contribution in [2.45, 2.75) is 63.7 Å². The van der Waals surface area contributed by atoms with Crippen molar-refractivity contribution in [3.63, 3.8) is 0 Å². The van der Waals surface area contributed by atoms with Crippen LogP contribution in [0.4, 0.5) is 11.4 Å². The fourth-order valence-corrected chi connectivity index (χ4v) is 12.8. The molecule has 0 aliphatic carbocycles. The number of benzene rings is 4. The second-order valence-corrected chi connectivity index (χ2v) is 22.8. The molecule has 19 nitrogen and oxygen atoms in total. The van der Waals surface area contributed by atoms with E-state index in [0.717, 1.165) is 32.3 Å². The highest BCUT2D eigenvalue weighted by molar-refractivity contribution is 7.66. The number of rotatable bonds is 15. The van der Waals surface area contributed by atoms with Crippen molar-refractivity contribution in [2.24, 2.45) is 0 Å². The van der Waals surface area contributed by atoms with Gasteiger partial charge in [-0.1, -0.05) is 98.5 Å². The van der Waals surface area contributed by atoms with E-state index >= 15 is 0 Å². The second kappa shape index (κ2) is 20.0. The van der Waals surface area contributed by atoms with Gasteiger partial charge < -0.3 is 29.6 Å². The van der Waals surface area contributed by atoms with Gasteiger partial charge in [0.05, 0.1) is 24.7 Å². The normalized spacial score (nSPS) is 21.3. The number of amides is 1. The van der Waals surface area contributed by atoms with Gasteiger partial charge in [-0.3, -0.25) is 28.2 Å². The second-order valence-electron chi connectivity index (χ2n) is 18.1. The fraction of sp³-hybridized carbons (Fsp3) is 0.306. The minimum atomic E-state index is -5.61. The maximum atomic E-state index is 13.7. The first-order valence-electron chi connectivity index (χ1n) is 22.4. The van der Waals surface area contributed by atoms with Gasteiger partial charge in [0.1, 0.15) is 25.4 Å². The number of hydrogen-bond acceptors (Lipinski definition) is 12. The molecule has 5 atom stereocenters. The third kappa shape index (κ3) is 10.9. The Balaban J connectivity index is 0.938. The van der Waals surface area contributed by atoms with Gasteiger partial charge in [0.2, 0.25) is 11.6 Å². The van der Waals surface area contributed by atoms with Gasteiger partial charge >= 0.3 is 29.2 Å². The number of phosphoric acid groups is 3. The number of fused-ring (bicyclic) bond motifs is 6. The highest BCUT2D eigenvalue weighted by Gasteiger charge is 2.45. The summed E-state index contributed by atoms with van der Waals surface area (Å²) in [6.45, 7) is 7.95. The summed E-state index contributed by atoms with van der Waals surface area (Å²) in [6, 6.07) is 25.0. The highest BCUT2D eigenvalue weighted by Crippen LogP contribution is 2.67. The quantitative estimate of drug-likeness (QED) is 0.0295. The number of hydrogen-bond donors (Lipinski definition) is 5. The molecule has 1 saturated heterocycles. The van der Waals surface area contributed by atoms with Crippen LogP contribution >= 0.6 is 23.5 Å². The molecule has 0 spiro atoms. The third-order valence-corrected chi connectivity index (χ3v) is 16.9. The molecule has 4 aromatic carbocycles. The molecular formula is C49H53N5O14P3+. The lowest BCUT2D eigenvalue weighted by Crippen LogP contribution is -2.37. The Morgan fingerprint density at radius 2 is 1.54 bits per heavy atom. The molecule has 5 aromatic rings. The Kier molecular flexibility index (Phi) is 14.5. The molecule has 5 N–H and O–H groups in total. The van der Waals surface area contributed by atoms with E-state index in [4.69, 9.17) is 9.26 Å². The van der Waals surface area contributed by atoms with Gasteiger partial charge in [-0.25, -0.2) is 18.5 Å². The fourth-order valence-electron chi connectivity index (χ4n) is 9.55. The number of ether oxygens (including phenoxy) is 1. The van der Waals surface area contributed by atoms with Crippen LogP contribution < -0.4 is 21.5 Å². The average Bonchev–Trinajstić information content (AvgIpc) is 3.92. The predicted octanol–water partition coefficient (Wildman–Crippen LogP) is 7.49. The summed E-state index contributed by atoms with van der Waals surface area (Å²) in [5.41, 5.74) is 4.11. The summed E-state index contributed by atoms with van der Waals surface area (Å²) in [5.74, 6) is 5.15. The first-order valence-corrected chi connectivity index (χ1v) is 26.9. The van der Waals surface area contributed by atoms with Gasteiger partial charge in [-0.2, -0.15) is 13.2 Å². The van der Waals surface area contributed by atoms with Crippen molar-refractivity contribution in [3.8, 4) is 11.8 Å². The molecular weight excluding hydrogens is 975 g/mol. The summed E-state index contributed by atoms with van der Waals surface area (Å²) < 4.78 is 61.4. The number of anilines is 1. The van der Waals surface area contributed by atoms with E-state index < -0.39 is 59.1 Å². The summed E-state index contributed by atoms with van der Waals surface area (Å²) in [7, 11) is -13.3. The Morgan fingerprint density at radius 3 is 2.24 bits per heavy atom. The number of nitrogens with one attached hydrogen (secondary N) is 2. The van der Waals surface area contributed by atoms with Gasteiger partial charge in [-0.15, -0.1) is 0 Å². The Hall–Kier alpha value is -5.83. The number of aromatic nitrogens is 2. The lowest BCUT2D eigenvalue weighted by molar-refractivity contribution is -0.401. The van der Waals surface area contributed by atoms with E-state index in [2.05, 4.69) is 129 Å². The number of allylic oxidation sites excluding steroid dienone is 6. The molecule has 3 aliphatic heterocycles. The SMILES string of the molecule is COP(=O)(O)OP(=O)(O)OP(=O)(O)OC[C@@H]1CC[C@H](n2cc(C#CCNC(=O)CN3C(=CC=CC=CC4=[N+](C)c5ccc6ccccc6c5C4(C)C)C(C)(C)c4c3ccc3ccccc43)c(=O)[nH]c2=O)O1. The Morgan fingerprint density at radius 1 is 0.873 bits per heavy atom. The Labute approximate surface area is 408 Å². The number of phosphoric ester groups is 2. The van der Waals surface area contributed by atoms with Crippen molar-refractivity contribution in [1.29, 1.82) is 0 Å². The molecule has 0 saturated carbocycles. The summed E-state index contributed by atoms with van der Waals surface area (Å²) in [4.78, 5) is 72.3. The lowest BCUT2D eigenvalue weighted by atomic mass is 9.79. The van der Waals surface area contributed by atoms with E-state index in [9.17, 15) is 42.8 Å². The molecule has 0 bridgehead atoms. The van der Waals surface area contributed by atoms with Crippen LogP contribution in [0.15, 0.2) is 125 Å². The van der Waals surface area contributed by atoms with E-state index in [1.54, 1.807) is 0 Å². The molecule has 71 heavy (non-hydrogen) atoms. The van der Waals surface area contributed by atoms with Crippen LogP contribution in [0.3, 0.4) is 0 Å². The van der Waals surface area contributed by atoms with Gasteiger partial charge in [0.25, 0.3) is 5.56 Å². The highest BCUT2D eigenvalue weighted by atomic mass is 31.3. The molecule has 8 rings (SSSR count). The van der Waals surface area contributed by atoms with E-state index in [-0.39, 0.29) is 42.8 Å². The summed E-state index contributed by atoms with van der Waals surface area (Å²) in [5, 5.41) is 7.45. The van der Waals surface area contributed by atoms with E-state index in [1.165, 1.54) is 33.9 Å². The summed E-state index contributed by atoms with van der Waals surface area (Å²) >= 11 is 0. The van der Waals surface area contributed by atoms with Crippen LogP contribution in [0, 0.1) is 11.8 Å². The van der Waals surface area contributed by atoms with Crippen molar-refractivity contribution in [2.75, 3.05) is 38.8 Å². The van der Waals surface area contributed by atoms with E-state index in [1.807, 2.05) is 53.5 Å². The lowest BCUT2D eigenvalue weighted by Gasteiger charge is -2.26. The van der Waals surface area contributed by atoms with Crippen LogP contribution in [-0.4, -0.2) is 80.4 Å². The zero-order chi connectivity index (χ0) is 51.1. The van der Waals surface area contributed by atoms with Crippen LogP contribution in [0.1, 0.15) is 63.5 Å². The maximum absolute atomic E-state index is 13.7. The number of carbonyl (C=O) groups is 1. The number of H-pyrrole nitrogens is 1. The smallest absolute Gasteiger partial charge is 0.352 e. The zero-order valence-corrected chi connectivity index (χ0v) is 42.3. The number of nitrogens with zero attached hydrogens (tertiary/aromatic N) is 3. The molecule has 22 heteroatoms. The molecule has 0 radical (unpaired) electrons. The van der Waals surface area contributed by atoms with Crippen molar-refractivity contribution < 1.29 is 60.2 Å². The van der Waals surface area contributed by atoms with Crippen molar-refractivity contribution >= 4 is 68.0 Å². The third-order valence-electron chi connectivity index (χ3n) is 12.7. The van der Waals surface area contributed by atoms with Gasteiger partial charge in [0, 0.05) is 47.8 Å². The predicted molar refractivity (Wildman–Crippen MR) is 267 cm³/mol. The molecule has 4 heterocycles. The van der Waals surface area contributed by atoms with Crippen LogP contribution in [0.5, 0.6) is 0 Å². The maximum Gasteiger partial charge on any atom is 0.490 e. The van der Waals surface area contributed by atoms with Crippen LogP contribution in [0.2, 0.25) is 0 Å². The minimum Gasteiger partial charge on any atom is -0.352 e. The molecule has 1 fully saturated rings. The molecule has 3 aliphatic rings. The molecule has 3 unspecified atom stereocenters. The molecule has 372 valence electrons. The van der Waals surface area contributed by atoms with Crippen molar-refractivity contribution in [3.05, 3.63) is 153 Å². The molecule has 1 aromatic heterocycles. The first kappa shape index (κ1) is 51.5. The number of aromatic amines is 1.